The van der Waals surface area contributed by atoms with Gasteiger partial charge in [0.25, 0.3) is 0 Å². The maximum atomic E-state index is 5.73. The van der Waals surface area contributed by atoms with Gasteiger partial charge in [-0.25, -0.2) is 0 Å². The van der Waals surface area contributed by atoms with Gasteiger partial charge in [0.15, 0.2) is 0 Å². The van der Waals surface area contributed by atoms with Crippen molar-refractivity contribution in [1.82, 2.24) is 0 Å². The minimum atomic E-state index is 0.143. The maximum absolute atomic E-state index is 5.73. The van der Waals surface area contributed by atoms with Gasteiger partial charge in [-0.1, -0.05) is 45.9 Å². The second kappa shape index (κ2) is 5.35. The summed E-state index contributed by atoms with van der Waals surface area (Å²) in [5.74, 6) is 0.546. The third-order valence-electron chi connectivity index (χ3n) is 2.89. The van der Waals surface area contributed by atoms with Gasteiger partial charge in [-0.3, -0.25) is 0 Å². The molecule has 0 aromatic heterocycles. The molecule has 0 aliphatic carbocycles. The third-order valence-corrected chi connectivity index (χ3v) is 2.89. The Labute approximate surface area is 99.2 Å². The van der Waals surface area contributed by atoms with E-state index in [0.717, 1.165) is 6.54 Å². The zero-order valence-corrected chi connectivity index (χ0v) is 10.9. The van der Waals surface area contributed by atoms with Crippen molar-refractivity contribution in [3.8, 4) is 0 Å². The average molecular weight is 220 g/mol. The highest BCUT2D eigenvalue weighted by molar-refractivity contribution is 5.52. The van der Waals surface area contributed by atoms with Crippen molar-refractivity contribution >= 4 is 5.69 Å². The van der Waals surface area contributed by atoms with E-state index in [1.807, 2.05) is 0 Å². The molecule has 0 aliphatic heterocycles. The summed E-state index contributed by atoms with van der Waals surface area (Å²) in [5, 5.41) is 3.51. The topological polar surface area (TPSA) is 38.0 Å². The fraction of sp³-hybridized carbons (Fsp3) is 0.571. The summed E-state index contributed by atoms with van der Waals surface area (Å²) in [6.07, 6.45) is 0. The number of nitrogens with two attached hydrogens (primary N) is 1. The summed E-state index contributed by atoms with van der Waals surface area (Å²) < 4.78 is 0. The maximum Gasteiger partial charge on any atom is 0.0375 e. The highest BCUT2D eigenvalue weighted by Crippen LogP contribution is 2.25. The summed E-state index contributed by atoms with van der Waals surface area (Å²) in [5.41, 5.74) is 8.48. The highest BCUT2D eigenvalue weighted by Gasteiger charge is 2.15. The van der Waals surface area contributed by atoms with Gasteiger partial charge in [0.2, 0.25) is 0 Å². The lowest BCUT2D eigenvalue weighted by atomic mass is 9.93. The molecule has 0 saturated heterocycles. The Bertz CT molecular complexity index is 329. The Morgan fingerprint density at radius 2 is 1.88 bits per heavy atom. The first-order chi connectivity index (χ1) is 7.46. The number of hydrogen-bond donors (Lipinski definition) is 2. The van der Waals surface area contributed by atoms with Crippen LogP contribution in [0.1, 0.15) is 39.2 Å². The molecular weight excluding hydrogens is 196 g/mol. The van der Waals surface area contributed by atoms with Crippen LogP contribution in [0.2, 0.25) is 0 Å². The molecule has 0 aliphatic rings. The quantitative estimate of drug-likeness (QED) is 0.799. The van der Waals surface area contributed by atoms with Gasteiger partial charge in [-0.05, 0) is 29.5 Å². The van der Waals surface area contributed by atoms with Crippen molar-refractivity contribution in [3.63, 3.8) is 0 Å². The molecule has 1 rings (SSSR count). The highest BCUT2D eigenvalue weighted by atomic mass is 14.9. The standard InChI is InChI=1S/C14H24N2/c1-11(2)12-7-5-6-8-13(12)16-10-14(3,4)9-15/h5-8,11,16H,9-10,15H2,1-4H3. The third kappa shape index (κ3) is 3.53. The SMILES string of the molecule is CC(C)c1ccccc1NCC(C)(C)CN. The molecule has 0 bridgehead atoms. The normalized spacial score (nSPS) is 11.9. The van der Waals surface area contributed by atoms with Crippen LogP contribution in [0.5, 0.6) is 0 Å². The van der Waals surface area contributed by atoms with Crippen molar-refractivity contribution in [1.29, 1.82) is 0 Å². The van der Waals surface area contributed by atoms with E-state index in [9.17, 15) is 0 Å². The summed E-state index contributed by atoms with van der Waals surface area (Å²) in [7, 11) is 0. The van der Waals surface area contributed by atoms with Crippen LogP contribution in [0.3, 0.4) is 0 Å². The van der Waals surface area contributed by atoms with E-state index in [-0.39, 0.29) is 5.41 Å². The summed E-state index contributed by atoms with van der Waals surface area (Å²) in [6.45, 7) is 10.4. The van der Waals surface area contributed by atoms with Crippen molar-refractivity contribution in [2.45, 2.75) is 33.6 Å². The van der Waals surface area contributed by atoms with E-state index < -0.39 is 0 Å². The Morgan fingerprint density at radius 3 is 2.44 bits per heavy atom. The zero-order valence-electron chi connectivity index (χ0n) is 10.9. The van der Waals surface area contributed by atoms with Crippen molar-refractivity contribution < 1.29 is 0 Å². The van der Waals surface area contributed by atoms with Gasteiger partial charge in [-0.15, -0.1) is 0 Å². The number of hydrogen-bond acceptors (Lipinski definition) is 2. The first-order valence-electron chi connectivity index (χ1n) is 5.99. The molecule has 16 heavy (non-hydrogen) atoms. The van der Waals surface area contributed by atoms with E-state index >= 15 is 0 Å². The summed E-state index contributed by atoms with van der Waals surface area (Å²) in [6, 6.07) is 8.49. The van der Waals surface area contributed by atoms with Crippen LogP contribution in [0.15, 0.2) is 24.3 Å². The zero-order chi connectivity index (χ0) is 12.2. The van der Waals surface area contributed by atoms with Crippen molar-refractivity contribution in [2.24, 2.45) is 11.1 Å². The largest absolute Gasteiger partial charge is 0.384 e. The Balaban J connectivity index is 2.74. The van der Waals surface area contributed by atoms with E-state index in [0.29, 0.717) is 12.5 Å². The second-order valence-electron chi connectivity index (χ2n) is 5.46. The van der Waals surface area contributed by atoms with Crippen LogP contribution in [0.4, 0.5) is 5.69 Å². The van der Waals surface area contributed by atoms with Gasteiger partial charge in [0.05, 0.1) is 0 Å². The Hall–Kier alpha value is -1.02. The van der Waals surface area contributed by atoms with E-state index in [2.05, 4.69) is 57.3 Å². The van der Waals surface area contributed by atoms with Crippen LogP contribution >= 0.6 is 0 Å². The number of benzene rings is 1. The molecular formula is C14H24N2. The number of nitrogens with one attached hydrogen (secondary N) is 1. The minimum Gasteiger partial charge on any atom is -0.384 e. The van der Waals surface area contributed by atoms with Crippen molar-refractivity contribution in [2.75, 3.05) is 18.4 Å². The molecule has 0 unspecified atom stereocenters. The van der Waals surface area contributed by atoms with Gasteiger partial charge < -0.3 is 11.1 Å². The summed E-state index contributed by atoms with van der Waals surface area (Å²) >= 11 is 0. The molecule has 0 amide bonds. The smallest absolute Gasteiger partial charge is 0.0375 e. The molecule has 2 heteroatoms. The van der Waals surface area contributed by atoms with Crippen molar-refractivity contribution in [3.05, 3.63) is 29.8 Å². The van der Waals surface area contributed by atoms with Gasteiger partial charge >= 0.3 is 0 Å². The molecule has 0 saturated carbocycles. The van der Waals surface area contributed by atoms with Crippen LogP contribution in [-0.4, -0.2) is 13.1 Å². The van der Waals surface area contributed by atoms with E-state index in [4.69, 9.17) is 5.73 Å². The fourth-order valence-electron chi connectivity index (χ4n) is 1.57. The Kier molecular flexibility index (Phi) is 4.36. The first kappa shape index (κ1) is 13.0. The minimum absolute atomic E-state index is 0.143. The first-order valence-corrected chi connectivity index (χ1v) is 5.99. The summed E-state index contributed by atoms with van der Waals surface area (Å²) in [4.78, 5) is 0. The molecule has 0 atom stereocenters. The Morgan fingerprint density at radius 1 is 1.25 bits per heavy atom. The van der Waals surface area contributed by atoms with Crippen LogP contribution in [-0.2, 0) is 0 Å². The molecule has 3 N–H and O–H groups in total. The van der Waals surface area contributed by atoms with Gasteiger partial charge in [-0.2, -0.15) is 0 Å². The predicted octanol–water partition coefficient (Wildman–Crippen LogP) is 3.21. The fourth-order valence-corrected chi connectivity index (χ4v) is 1.57. The van der Waals surface area contributed by atoms with Gasteiger partial charge in [0.1, 0.15) is 0 Å². The molecule has 90 valence electrons. The number of rotatable bonds is 5. The van der Waals surface area contributed by atoms with E-state index in [1.165, 1.54) is 11.3 Å². The van der Waals surface area contributed by atoms with Crippen LogP contribution < -0.4 is 11.1 Å². The lowest BCUT2D eigenvalue weighted by Gasteiger charge is -2.24. The molecule has 0 fully saturated rings. The molecule has 1 aromatic rings. The van der Waals surface area contributed by atoms with Crippen LogP contribution in [0.25, 0.3) is 0 Å². The number of anilines is 1. The average Bonchev–Trinajstić information content (AvgIpc) is 2.27. The molecule has 0 spiro atoms. The molecule has 2 nitrogen and oxygen atoms in total. The predicted molar refractivity (Wildman–Crippen MR) is 71.9 cm³/mol. The van der Waals surface area contributed by atoms with E-state index in [1.54, 1.807) is 0 Å². The molecule has 0 radical (unpaired) electrons. The lowest BCUT2D eigenvalue weighted by Crippen LogP contribution is -2.31. The molecule has 1 aromatic carbocycles. The van der Waals surface area contributed by atoms with Gasteiger partial charge in [0, 0.05) is 12.2 Å². The number of para-hydroxylation sites is 1. The van der Waals surface area contributed by atoms with Crippen LogP contribution in [0, 0.1) is 5.41 Å². The second-order valence-corrected chi connectivity index (χ2v) is 5.46. The lowest BCUT2D eigenvalue weighted by molar-refractivity contribution is 0.405. The molecule has 0 heterocycles. The monoisotopic (exact) mass is 220 g/mol.